The lowest BCUT2D eigenvalue weighted by atomic mass is 9.78. The van der Waals surface area contributed by atoms with Gasteiger partial charge in [-0.3, -0.25) is 0 Å². The van der Waals surface area contributed by atoms with Gasteiger partial charge in [0.2, 0.25) is 0 Å². The van der Waals surface area contributed by atoms with Crippen LogP contribution in [-0.4, -0.2) is 35.1 Å². The highest BCUT2D eigenvalue weighted by Crippen LogP contribution is 2.39. The van der Waals surface area contributed by atoms with Gasteiger partial charge >= 0.3 is 13.1 Å². The molecule has 21 heavy (non-hydrogen) atoms. The van der Waals surface area contributed by atoms with E-state index in [1.165, 1.54) is 11.3 Å². The van der Waals surface area contributed by atoms with E-state index in [4.69, 9.17) is 14.4 Å². The standard InChI is InChI=1S/C14H19BO4S2/c1-13(2)14(3,4)19-15(18-13)9(8-20)7-11-10(12(16)17)5-6-21-11/h5-7,20H,8H2,1-4H3,(H,16,17). The number of thiophene rings is 1. The van der Waals surface area contributed by atoms with E-state index in [0.717, 1.165) is 5.47 Å². The molecular formula is C14H19BO4S2. The number of rotatable bonds is 4. The van der Waals surface area contributed by atoms with Crippen LogP contribution in [0.2, 0.25) is 0 Å². The number of thiol groups is 1. The van der Waals surface area contributed by atoms with Gasteiger partial charge in [0.1, 0.15) is 0 Å². The second kappa shape index (κ2) is 5.80. The first-order valence-electron chi connectivity index (χ1n) is 6.66. The molecule has 0 atom stereocenters. The van der Waals surface area contributed by atoms with Gasteiger partial charge in [-0.15, -0.1) is 11.3 Å². The summed E-state index contributed by atoms with van der Waals surface area (Å²) in [5.41, 5.74) is 0.257. The Bertz CT molecular complexity index is 561. The molecule has 2 heterocycles. The maximum Gasteiger partial charge on any atom is 0.491 e. The monoisotopic (exact) mass is 326 g/mol. The van der Waals surface area contributed by atoms with Gasteiger partial charge in [0, 0.05) is 10.6 Å². The van der Waals surface area contributed by atoms with Gasteiger partial charge in [0.05, 0.1) is 16.8 Å². The van der Waals surface area contributed by atoms with E-state index in [1.54, 1.807) is 11.4 Å². The summed E-state index contributed by atoms with van der Waals surface area (Å²) in [6, 6.07) is 1.60. The van der Waals surface area contributed by atoms with Gasteiger partial charge in [-0.05, 0) is 50.7 Å². The molecule has 1 aromatic rings. The van der Waals surface area contributed by atoms with E-state index in [0.29, 0.717) is 10.6 Å². The summed E-state index contributed by atoms with van der Waals surface area (Å²) < 4.78 is 12.0. The molecular weight excluding hydrogens is 307 g/mol. The lowest BCUT2D eigenvalue weighted by Crippen LogP contribution is -2.41. The topological polar surface area (TPSA) is 55.8 Å². The third kappa shape index (κ3) is 3.21. The van der Waals surface area contributed by atoms with E-state index in [-0.39, 0.29) is 5.56 Å². The largest absolute Gasteiger partial charge is 0.491 e. The summed E-state index contributed by atoms with van der Waals surface area (Å²) in [5, 5.41) is 10.9. The first-order valence-corrected chi connectivity index (χ1v) is 8.17. The van der Waals surface area contributed by atoms with Gasteiger partial charge in [-0.2, -0.15) is 12.6 Å². The Morgan fingerprint density at radius 1 is 1.38 bits per heavy atom. The van der Waals surface area contributed by atoms with Crippen LogP contribution in [0.4, 0.5) is 0 Å². The minimum Gasteiger partial charge on any atom is -0.478 e. The number of carboxylic acid groups (broad SMARTS) is 1. The molecule has 0 radical (unpaired) electrons. The molecule has 1 aliphatic heterocycles. The van der Waals surface area contributed by atoms with Crippen LogP contribution >= 0.6 is 24.0 Å². The van der Waals surface area contributed by atoms with Crippen molar-refractivity contribution in [2.75, 3.05) is 5.75 Å². The lowest BCUT2D eigenvalue weighted by molar-refractivity contribution is 0.00578. The zero-order chi connectivity index (χ0) is 15.8. The number of hydrogen-bond acceptors (Lipinski definition) is 5. The fourth-order valence-corrected chi connectivity index (χ4v) is 3.05. The number of aromatic carboxylic acids is 1. The van der Waals surface area contributed by atoms with Gasteiger partial charge in [-0.25, -0.2) is 4.79 Å². The normalized spacial score (nSPS) is 20.8. The maximum atomic E-state index is 11.2. The molecule has 1 fully saturated rings. The molecule has 0 unspecified atom stereocenters. The van der Waals surface area contributed by atoms with Crippen molar-refractivity contribution >= 4 is 43.1 Å². The predicted octanol–water partition coefficient (Wildman–Crippen LogP) is 3.39. The van der Waals surface area contributed by atoms with E-state index >= 15 is 0 Å². The maximum absolute atomic E-state index is 11.2. The van der Waals surface area contributed by atoms with Crippen LogP contribution in [0.3, 0.4) is 0 Å². The average Bonchev–Trinajstić information content (AvgIpc) is 2.89. The second-order valence-electron chi connectivity index (χ2n) is 5.97. The third-order valence-corrected chi connectivity index (χ3v) is 5.21. The minimum absolute atomic E-state index is 0.288. The van der Waals surface area contributed by atoms with Crippen LogP contribution in [0, 0.1) is 0 Å². The Kier molecular flexibility index (Phi) is 4.59. The first kappa shape index (κ1) is 16.6. The molecule has 1 saturated heterocycles. The first-order chi connectivity index (χ1) is 9.68. The molecule has 0 saturated carbocycles. The molecule has 1 aromatic heterocycles. The predicted molar refractivity (Wildman–Crippen MR) is 89.2 cm³/mol. The Morgan fingerprint density at radius 3 is 2.43 bits per heavy atom. The van der Waals surface area contributed by atoms with Gasteiger partial charge < -0.3 is 14.4 Å². The van der Waals surface area contributed by atoms with Gasteiger partial charge in [0.15, 0.2) is 0 Å². The van der Waals surface area contributed by atoms with E-state index < -0.39 is 24.3 Å². The van der Waals surface area contributed by atoms with E-state index in [1.807, 2.05) is 33.8 Å². The molecule has 1 N–H and O–H groups in total. The highest BCUT2D eigenvalue weighted by atomic mass is 32.1. The zero-order valence-electron chi connectivity index (χ0n) is 12.5. The zero-order valence-corrected chi connectivity index (χ0v) is 14.3. The summed E-state index contributed by atoms with van der Waals surface area (Å²) in [4.78, 5) is 11.9. The molecule has 7 heteroatoms. The Balaban J connectivity index is 2.31. The SMILES string of the molecule is CC1(C)OB(C(=Cc2sccc2C(=O)O)CS)OC1(C)C. The average molecular weight is 326 g/mol. The summed E-state index contributed by atoms with van der Waals surface area (Å²) >= 11 is 5.71. The van der Waals surface area contributed by atoms with Crippen LogP contribution in [0.5, 0.6) is 0 Å². The Hall–Kier alpha value is -0.755. The number of hydrogen-bond donors (Lipinski definition) is 2. The molecule has 0 spiro atoms. The molecule has 0 aromatic carbocycles. The number of carboxylic acids is 1. The lowest BCUT2D eigenvalue weighted by Gasteiger charge is -2.32. The van der Waals surface area contributed by atoms with Gasteiger partial charge in [0.25, 0.3) is 0 Å². The van der Waals surface area contributed by atoms with Crippen molar-refractivity contribution in [1.82, 2.24) is 0 Å². The van der Waals surface area contributed by atoms with E-state index in [2.05, 4.69) is 12.6 Å². The Morgan fingerprint density at radius 2 is 1.95 bits per heavy atom. The summed E-state index contributed by atoms with van der Waals surface area (Å²) in [5.74, 6) is -0.497. The molecule has 0 amide bonds. The summed E-state index contributed by atoms with van der Waals surface area (Å²) in [6.45, 7) is 7.93. The molecule has 2 rings (SSSR count). The molecule has 0 bridgehead atoms. The van der Waals surface area contributed by atoms with Crippen molar-refractivity contribution in [3.63, 3.8) is 0 Å². The van der Waals surface area contributed by atoms with Crippen LogP contribution < -0.4 is 0 Å². The quantitative estimate of drug-likeness (QED) is 0.658. The molecule has 114 valence electrons. The highest BCUT2D eigenvalue weighted by Gasteiger charge is 2.52. The molecule has 1 aliphatic rings. The number of carbonyl (C=O) groups is 1. The van der Waals surface area contributed by atoms with Crippen molar-refractivity contribution in [2.45, 2.75) is 38.9 Å². The van der Waals surface area contributed by atoms with Gasteiger partial charge in [-0.1, -0.05) is 0 Å². The van der Waals surface area contributed by atoms with Crippen molar-refractivity contribution in [1.29, 1.82) is 0 Å². The van der Waals surface area contributed by atoms with Crippen LogP contribution in [0.25, 0.3) is 6.08 Å². The summed E-state index contributed by atoms with van der Waals surface area (Å²) in [6.07, 6.45) is 1.81. The Labute approximate surface area is 134 Å². The fraction of sp³-hybridized carbons (Fsp3) is 0.500. The van der Waals surface area contributed by atoms with Crippen molar-refractivity contribution in [2.24, 2.45) is 0 Å². The minimum atomic E-state index is -0.935. The molecule has 0 aliphatic carbocycles. The van der Waals surface area contributed by atoms with Crippen LogP contribution in [0.1, 0.15) is 42.9 Å². The second-order valence-corrected chi connectivity index (χ2v) is 7.23. The fourth-order valence-electron chi connectivity index (χ4n) is 1.96. The third-order valence-electron chi connectivity index (χ3n) is 3.98. The van der Waals surface area contributed by atoms with Crippen LogP contribution in [0.15, 0.2) is 16.9 Å². The summed E-state index contributed by atoms with van der Waals surface area (Å²) in [7, 11) is -0.503. The van der Waals surface area contributed by atoms with E-state index in [9.17, 15) is 4.79 Å². The highest BCUT2D eigenvalue weighted by molar-refractivity contribution is 7.80. The van der Waals surface area contributed by atoms with Crippen molar-refractivity contribution < 1.29 is 19.2 Å². The van der Waals surface area contributed by atoms with Crippen molar-refractivity contribution in [3.05, 3.63) is 27.4 Å². The van der Waals surface area contributed by atoms with Crippen LogP contribution in [-0.2, 0) is 9.31 Å². The van der Waals surface area contributed by atoms with Crippen molar-refractivity contribution in [3.8, 4) is 0 Å². The smallest absolute Gasteiger partial charge is 0.478 e. The molecule has 4 nitrogen and oxygen atoms in total.